The van der Waals surface area contributed by atoms with Gasteiger partial charge in [-0.25, -0.2) is 0 Å². The summed E-state index contributed by atoms with van der Waals surface area (Å²) in [5, 5.41) is 6.00. The van der Waals surface area contributed by atoms with Gasteiger partial charge in [0.05, 0.1) is 6.04 Å². The summed E-state index contributed by atoms with van der Waals surface area (Å²) in [4.78, 5) is 12.4. The third kappa shape index (κ3) is 1.23. The summed E-state index contributed by atoms with van der Waals surface area (Å²) in [5.41, 5.74) is 0. The van der Waals surface area contributed by atoms with E-state index in [4.69, 9.17) is 0 Å². The van der Waals surface area contributed by atoms with Crippen molar-refractivity contribution < 1.29 is 4.79 Å². The molecule has 0 unspecified atom stereocenters. The molecule has 4 nitrogen and oxygen atoms in total. The van der Waals surface area contributed by atoms with Crippen LogP contribution in [0.15, 0.2) is 0 Å². The molecular weight excluding hydrogens is 142 g/mol. The molecule has 0 atom stereocenters. The van der Waals surface area contributed by atoms with E-state index in [1.54, 1.807) is 0 Å². The first-order valence-electron chi connectivity index (χ1n) is 4.04. The summed E-state index contributed by atoms with van der Waals surface area (Å²) in [7, 11) is 0. The van der Waals surface area contributed by atoms with Gasteiger partial charge in [-0.15, -0.1) is 0 Å². The van der Waals surface area contributed by atoms with Gasteiger partial charge in [-0.05, 0) is 0 Å². The van der Waals surface area contributed by atoms with Crippen LogP contribution in [-0.2, 0) is 4.79 Å². The van der Waals surface area contributed by atoms with E-state index in [0.29, 0.717) is 6.04 Å². The summed E-state index contributed by atoms with van der Waals surface area (Å²) in [6.45, 7) is 4.30. The van der Waals surface area contributed by atoms with Crippen molar-refractivity contribution in [3.05, 3.63) is 0 Å². The van der Waals surface area contributed by atoms with E-state index in [1.807, 2.05) is 0 Å². The summed E-state index contributed by atoms with van der Waals surface area (Å²) >= 11 is 0. The quantitative estimate of drug-likeness (QED) is 0.482. The van der Waals surface area contributed by atoms with E-state index in [9.17, 15) is 4.79 Å². The standard InChI is InChI=1S/C7H13N3O/c11-5-9-6-3-10(4-6)7-1-8-2-7/h5-8H,1-4H2,(H,9,11). The lowest BCUT2D eigenvalue weighted by molar-refractivity contribution is -0.111. The maximum absolute atomic E-state index is 10.0. The molecule has 2 rings (SSSR count). The first kappa shape index (κ1) is 7.06. The Kier molecular flexibility index (Phi) is 1.79. The zero-order chi connectivity index (χ0) is 7.68. The number of hydrogen-bond acceptors (Lipinski definition) is 3. The highest BCUT2D eigenvalue weighted by Gasteiger charge is 2.34. The summed E-state index contributed by atoms with van der Waals surface area (Å²) in [6, 6.07) is 1.15. The van der Waals surface area contributed by atoms with Crippen LogP contribution in [0.2, 0.25) is 0 Å². The molecule has 0 aromatic carbocycles. The second-order valence-corrected chi connectivity index (χ2v) is 3.25. The van der Waals surface area contributed by atoms with Crippen LogP contribution in [0, 0.1) is 0 Å². The van der Waals surface area contributed by atoms with E-state index in [2.05, 4.69) is 15.5 Å². The zero-order valence-corrected chi connectivity index (χ0v) is 6.42. The van der Waals surface area contributed by atoms with Crippen molar-refractivity contribution in [1.82, 2.24) is 15.5 Å². The van der Waals surface area contributed by atoms with Crippen molar-refractivity contribution in [3.63, 3.8) is 0 Å². The number of carbonyl (C=O) groups excluding carboxylic acids is 1. The molecule has 0 aromatic heterocycles. The molecule has 0 aromatic rings. The van der Waals surface area contributed by atoms with Crippen LogP contribution in [0.1, 0.15) is 0 Å². The number of carbonyl (C=O) groups is 1. The molecule has 0 saturated carbocycles. The fourth-order valence-electron chi connectivity index (χ4n) is 1.54. The largest absolute Gasteiger partial charge is 0.353 e. The normalized spacial score (nSPS) is 27.3. The Labute approximate surface area is 65.9 Å². The molecule has 0 spiro atoms. The number of amides is 1. The molecule has 2 saturated heterocycles. The molecule has 0 bridgehead atoms. The van der Waals surface area contributed by atoms with E-state index >= 15 is 0 Å². The van der Waals surface area contributed by atoms with E-state index < -0.39 is 0 Å². The fraction of sp³-hybridized carbons (Fsp3) is 0.857. The van der Waals surface area contributed by atoms with Gasteiger partial charge in [-0.3, -0.25) is 9.69 Å². The highest BCUT2D eigenvalue weighted by molar-refractivity contribution is 5.47. The average Bonchev–Trinajstić information content (AvgIpc) is 1.79. The molecule has 2 heterocycles. The molecular formula is C7H13N3O. The topological polar surface area (TPSA) is 44.4 Å². The van der Waals surface area contributed by atoms with Gasteiger partial charge in [0.2, 0.25) is 6.41 Å². The number of likely N-dealkylation sites (tertiary alicyclic amines) is 1. The maximum atomic E-state index is 10.0. The SMILES string of the molecule is O=CNC1CN(C2CNC2)C1. The molecule has 2 aliphatic heterocycles. The zero-order valence-electron chi connectivity index (χ0n) is 6.42. The van der Waals surface area contributed by atoms with Crippen LogP contribution >= 0.6 is 0 Å². The number of hydrogen-bond donors (Lipinski definition) is 2. The molecule has 2 aliphatic rings. The van der Waals surface area contributed by atoms with Gasteiger partial charge in [0.1, 0.15) is 0 Å². The summed E-state index contributed by atoms with van der Waals surface area (Å²) < 4.78 is 0. The molecule has 4 heteroatoms. The number of nitrogens with one attached hydrogen (secondary N) is 2. The minimum absolute atomic E-state index is 0.410. The lowest BCUT2D eigenvalue weighted by atomic mass is 10.0. The highest BCUT2D eigenvalue weighted by Crippen LogP contribution is 2.14. The van der Waals surface area contributed by atoms with Gasteiger partial charge >= 0.3 is 0 Å². The fourth-order valence-corrected chi connectivity index (χ4v) is 1.54. The number of nitrogens with zero attached hydrogens (tertiary/aromatic N) is 1. The summed E-state index contributed by atoms with van der Waals surface area (Å²) in [6.07, 6.45) is 0.793. The van der Waals surface area contributed by atoms with Gasteiger partial charge in [0.15, 0.2) is 0 Å². The van der Waals surface area contributed by atoms with Crippen molar-refractivity contribution in [2.24, 2.45) is 0 Å². The monoisotopic (exact) mass is 155 g/mol. The van der Waals surface area contributed by atoms with Crippen LogP contribution in [0.25, 0.3) is 0 Å². The van der Waals surface area contributed by atoms with E-state index in [0.717, 1.165) is 38.6 Å². The smallest absolute Gasteiger partial charge is 0.207 e. The Morgan fingerprint density at radius 1 is 1.45 bits per heavy atom. The molecule has 62 valence electrons. The third-order valence-corrected chi connectivity index (χ3v) is 2.49. The Morgan fingerprint density at radius 2 is 2.18 bits per heavy atom. The molecule has 2 fully saturated rings. The Morgan fingerprint density at radius 3 is 2.64 bits per heavy atom. The lowest BCUT2D eigenvalue weighted by Gasteiger charge is -2.47. The van der Waals surface area contributed by atoms with Gasteiger partial charge in [-0.1, -0.05) is 0 Å². The minimum Gasteiger partial charge on any atom is -0.353 e. The average molecular weight is 155 g/mol. The van der Waals surface area contributed by atoms with Gasteiger partial charge < -0.3 is 10.6 Å². The Hall–Kier alpha value is -0.610. The second kappa shape index (κ2) is 2.79. The van der Waals surface area contributed by atoms with Crippen molar-refractivity contribution >= 4 is 6.41 Å². The summed E-state index contributed by atoms with van der Waals surface area (Å²) in [5.74, 6) is 0. The van der Waals surface area contributed by atoms with Crippen LogP contribution in [0.5, 0.6) is 0 Å². The van der Waals surface area contributed by atoms with Gasteiger partial charge in [0.25, 0.3) is 0 Å². The first-order chi connectivity index (χ1) is 5.40. The van der Waals surface area contributed by atoms with Crippen LogP contribution in [0.3, 0.4) is 0 Å². The minimum atomic E-state index is 0.410. The Balaban J connectivity index is 1.66. The van der Waals surface area contributed by atoms with Crippen molar-refractivity contribution in [2.75, 3.05) is 26.2 Å². The molecule has 0 aliphatic carbocycles. The van der Waals surface area contributed by atoms with E-state index in [-0.39, 0.29) is 0 Å². The predicted molar refractivity (Wildman–Crippen MR) is 41.2 cm³/mol. The second-order valence-electron chi connectivity index (χ2n) is 3.25. The third-order valence-electron chi connectivity index (χ3n) is 2.49. The van der Waals surface area contributed by atoms with Crippen LogP contribution in [0.4, 0.5) is 0 Å². The molecule has 2 N–H and O–H groups in total. The highest BCUT2D eigenvalue weighted by atomic mass is 16.1. The predicted octanol–water partition coefficient (Wildman–Crippen LogP) is -1.61. The van der Waals surface area contributed by atoms with Gasteiger partial charge in [0, 0.05) is 32.2 Å². The number of rotatable bonds is 3. The molecule has 1 amide bonds. The first-order valence-corrected chi connectivity index (χ1v) is 4.04. The van der Waals surface area contributed by atoms with Crippen molar-refractivity contribution in [1.29, 1.82) is 0 Å². The molecule has 0 radical (unpaired) electrons. The van der Waals surface area contributed by atoms with Gasteiger partial charge in [-0.2, -0.15) is 0 Å². The lowest BCUT2D eigenvalue weighted by Crippen LogP contribution is -2.68. The Bertz CT molecular complexity index is 152. The van der Waals surface area contributed by atoms with Crippen LogP contribution in [-0.4, -0.2) is 49.6 Å². The van der Waals surface area contributed by atoms with Crippen molar-refractivity contribution in [2.45, 2.75) is 12.1 Å². The van der Waals surface area contributed by atoms with E-state index in [1.165, 1.54) is 0 Å². The van der Waals surface area contributed by atoms with Crippen molar-refractivity contribution in [3.8, 4) is 0 Å². The van der Waals surface area contributed by atoms with Crippen LogP contribution < -0.4 is 10.6 Å². The molecule has 11 heavy (non-hydrogen) atoms. The maximum Gasteiger partial charge on any atom is 0.207 e.